The van der Waals surface area contributed by atoms with Crippen molar-refractivity contribution in [1.29, 1.82) is 0 Å². The number of thiazole rings is 1. The van der Waals surface area contributed by atoms with Gasteiger partial charge in [-0.15, -0.1) is 11.3 Å². The van der Waals surface area contributed by atoms with E-state index in [4.69, 9.17) is 0 Å². The lowest BCUT2D eigenvalue weighted by Crippen LogP contribution is -2.41. The van der Waals surface area contributed by atoms with Crippen LogP contribution in [0.5, 0.6) is 0 Å². The quantitative estimate of drug-likeness (QED) is 0.462. The van der Waals surface area contributed by atoms with E-state index < -0.39 is 22.0 Å². The Kier molecular flexibility index (Phi) is 7.33. The molecule has 2 amide bonds. The molecule has 0 aliphatic heterocycles. The maximum Gasteiger partial charge on any atom is 0.244 e. The number of carbonyl (C=O) groups is 2. The van der Waals surface area contributed by atoms with Gasteiger partial charge in [0.1, 0.15) is 5.82 Å². The van der Waals surface area contributed by atoms with Crippen molar-refractivity contribution in [3.63, 3.8) is 0 Å². The lowest BCUT2D eigenvalue weighted by Gasteiger charge is -2.13. The SMILES string of the molecule is CC(=O)Nc1ccc(S(=O)(=O)N[C@@H](C)C(=O)Nc2ncc(Cc3ccccc3F)s2)cc1. The summed E-state index contributed by atoms with van der Waals surface area (Å²) in [5.74, 6) is -1.18. The van der Waals surface area contributed by atoms with Crippen molar-refractivity contribution in [1.82, 2.24) is 9.71 Å². The Morgan fingerprint density at radius 3 is 2.44 bits per heavy atom. The van der Waals surface area contributed by atoms with E-state index in [9.17, 15) is 22.4 Å². The molecule has 1 atom stereocenters. The van der Waals surface area contributed by atoms with Crippen LogP contribution < -0.4 is 15.4 Å². The normalized spacial score (nSPS) is 12.2. The number of anilines is 2. The summed E-state index contributed by atoms with van der Waals surface area (Å²) in [6.45, 7) is 2.75. The van der Waals surface area contributed by atoms with Gasteiger partial charge >= 0.3 is 0 Å². The Labute approximate surface area is 188 Å². The van der Waals surface area contributed by atoms with Gasteiger partial charge in [-0.1, -0.05) is 18.2 Å². The fraction of sp³-hybridized carbons (Fsp3) is 0.190. The second-order valence-corrected chi connectivity index (χ2v) is 9.77. The highest BCUT2D eigenvalue weighted by Gasteiger charge is 2.23. The summed E-state index contributed by atoms with van der Waals surface area (Å²) in [6, 6.07) is 10.9. The van der Waals surface area contributed by atoms with E-state index in [2.05, 4.69) is 20.3 Å². The van der Waals surface area contributed by atoms with E-state index in [0.29, 0.717) is 17.7 Å². The Hall–Kier alpha value is -3.15. The summed E-state index contributed by atoms with van der Waals surface area (Å²) in [4.78, 5) is 28.3. The molecule has 2 aromatic carbocycles. The van der Waals surface area contributed by atoms with Crippen molar-refractivity contribution >= 4 is 44.0 Å². The minimum atomic E-state index is -3.96. The van der Waals surface area contributed by atoms with E-state index in [-0.39, 0.29) is 21.8 Å². The highest BCUT2D eigenvalue weighted by atomic mass is 32.2. The summed E-state index contributed by atoms with van der Waals surface area (Å²) < 4.78 is 41.2. The molecule has 0 unspecified atom stereocenters. The van der Waals surface area contributed by atoms with Crippen molar-refractivity contribution in [3.8, 4) is 0 Å². The third kappa shape index (κ3) is 6.19. The zero-order chi connectivity index (χ0) is 23.3. The lowest BCUT2D eigenvalue weighted by molar-refractivity contribution is -0.117. The van der Waals surface area contributed by atoms with Gasteiger partial charge in [0.25, 0.3) is 0 Å². The summed E-state index contributed by atoms with van der Waals surface area (Å²) in [7, 11) is -3.96. The first-order chi connectivity index (χ1) is 15.1. The monoisotopic (exact) mass is 476 g/mol. The zero-order valence-corrected chi connectivity index (χ0v) is 18.9. The van der Waals surface area contributed by atoms with Crippen LogP contribution in [-0.4, -0.2) is 31.3 Å². The number of nitrogens with zero attached hydrogens (tertiary/aromatic N) is 1. The molecule has 1 aromatic heterocycles. The van der Waals surface area contributed by atoms with Crippen molar-refractivity contribution in [3.05, 3.63) is 71.0 Å². The smallest absolute Gasteiger partial charge is 0.244 e. The molecule has 0 radical (unpaired) electrons. The molecule has 1 heterocycles. The van der Waals surface area contributed by atoms with Gasteiger partial charge < -0.3 is 10.6 Å². The van der Waals surface area contributed by atoms with Gasteiger partial charge in [0.2, 0.25) is 21.8 Å². The minimum absolute atomic E-state index is 0.0484. The first kappa shape index (κ1) is 23.5. The predicted molar refractivity (Wildman–Crippen MR) is 120 cm³/mol. The zero-order valence-electron chi connectivity index (χ0n) is 17.3. The third-order valence-corrected chi connectivity index (χ3v) is 6.79. The number of hydrogen-bond acceptors (Lipinski definition) is 6. The van der Waals surface area contributed by atoms with Crippen LogP contribution in [0.15, 0.2) is 59.6 Å². The minimum Gasteiger partial charge on any atom is -0.326 e. The molecule has 0 aliphatic rings. The number of benzene rings is 2. The van der Waals surface area contributed by atoms with Gasteiger partial charge in [0.15, 0.2) is 5.13 Å². The van der Waals surface area contributed by atoms with Crippen molar-refractivity contribution in [2.45, 2.75) is 31.2 Å². The maximum absolute atomic E-state index is 13.8. The van der Waals surface area contributed by atoms with Crippen LogP contribution in [0.3, 0.4) is 0 Å². The number of sulfonamides is 1. The van der Waals surface area contributed by atoms with E-state index in [1.165, 1.54) is 61.7 Å². The van der Waals surface area contributed by atoms with E-state index >= 15 is 0 Å². The number of aromatic nitrogens is 1. The largest absolute Gasteiger partial charge is 0.326 e. The molecule has 3 rings (SSSR count). The fourth-order valence-electron chi connectivity index (χ4n) is 2.77. The van der Waals surface area contributed by atoms with Gasteiger partial charge in [0, 0.05) is 30.1 Å². The van der Waals surface area contributed by atoms with Gasteiger partial charge in [-0.3, -0.25) is 9.59 Å². The van der Waals surface area contributed by atoms with Crippen LogP contribution in [0.25, 0.3) is 0 Å². The standard InChI is InChI=1S/C21H21FN4O4S2/c1-13(26-32(29,30)18-9-7-16(8-10-18)24-14(2)27)20(28)25-21-23-12-17(31-21)11-15-5-3-4-6-19(15)22/h3-10,12-13,26H,11H2,1-2H3,(H,24,27)(H,23,25,28)/t13-/m0/s1. The topological polar surface area (TPSA) is 117 Å². The Morgan fingerprint density at radius 1 is 1.09 bits per heavy atom. The predicted octanol–water partition coefficient (Wildman–Crippen LogP) is 3.14. The van der Waals surface area contributed by atoms with Gasteiger partial charge in [-0.25, -0.2) is 17.8 Å². The number of hydrogen-bond donors (Lipinski definition) is 3. The molecule has 3 N–H and O–H groups in total. The van der Waals surface area contributed by atoms with Gasteiger partial charge in [-0.05, 0) is 42.8 Å². The molecule has 0 spiro atoms. The summed E-state index contributed by atoms with van der Waals surface area (Å²) in [5.41, 5.74) is 0.969. The Bertz CT molecular complexity index is 1230. The summed E-state index contributed by atoms with van der Waals surface area (Å²) in [5, 5.41) is 5.40. The molecule has 3 aromatic rings. The number of carbonyl (C=O) groups excluding carboxylic acids is 2. The molecule has 168 valence electrons. The molecule has 11 heteroatoms. The van der Waals surface area contributed by atoms with Crippen LogP contribution >= 0.6 is 11.3 Å². The van der Waals surface area contributed by atoms with E-state index in [1.54, 1.807) is 18.2 Å². The highest BCUT2D eigenvalue weighted by molar-refractivity contribution is 7.89. The van der Waals surface area contributed by atoms with Gasteiger partial charge in [0.05, 0.1) is 10.9 Å². The van der Waals surface area contributed by atoms with Crippen LogP contribution in [-0.2, 0) is 26.0 Å². The molecule has 32 heavy (non-hydrogen) atoms. The second kappa shape index (κ2) is 9.98. The highest BCUT2D eigenvalue weighted by Crippen LogP contribution is 2.22. The first-order valence-electron chi connectivity index (χ1n) is 9.53. The molecular weight excluding hydrogens is 455 g/mol. The average molecular weight is 477 g/mol. The summed E-state index contributed by atoms with van der Waals surface area (Å²) >= 11 is 1.18. The molecule has 0 saturated heterocycles. The van der Waals surface area contributed by atoms with Crippen molar-refractivity contribution in [2.24, 2.45) is 0 Å². The van der Waals surface area contributed by atoms with Crippen LogP contribution in [0.1, 0.15) is 24.3 Å². The average Bonchev–Trinajstić information content (AvgIpc) is 3.16. The maximum atomic E-state index is 13.8. The Morgan fingerprint density at radius 2 is 1.78 bits per heavy atom. The molecule has 0 saturated carbocycles. The fourth-order valence-corrected chi connectivity index (χ4v) is 4.81. The molecule has 8 nitrogen and oxygen atoms in total. The van der Waals surface area contributed by atoms with Crippen LogP contribution in [0.4, 0.5) is 15.2 Å². The van der Waals surface area contributed by atoms with E-state index in [0.717, 1.165) is 4.88 Å². The number of rotatable bonds is 8. The number of amides is 2. The third-order valence-electron chi connectivity index (χ3n) is 4.32. The Balaban J connectivity index is 1.60. The van der Waals surface area contributed by atoms with Crippen LogP contribution in [0.2, 0.25) is 0 Å². The van der Waals surface area contributed by atoms with Crippen molar-refractivity contribution < 1.29 is 22.4 Å². The number of nitrogens with one attached hydrogen (secondary N) is 3. The molecule has 0 fully saturated rings. The molecular formula is C21H21FN4O4S2. The lowest BCUT2D eigenvalue weighted by atomic mass is 10.1. The second-order valence-electron chi connectivity index (χ2n) is 6.94. The van der Waals surface area contributed by atoms with Crippen LogP contribution in [0, 0.1) is 5.82 Å². The number of halogens is 1. The van der Waals surface area contributed by atoms with Gasteiger partial charge in [-0.2, -0.15) is 4.72 Å². The van der Waals surface area contributed by atoms with Crippen molar-refractivity contribution in [2.75, 3.05) is 10.6 Å². The van der Waals surface area contributed by atoms with E-state index in [1.807, 2.05) is 0 Å². The molecule has 0 bridgehead atoms. The summed E-state index contributed by atoms with van der Waals surface area (Å²) in [6.07, 6.45) is 1.87. The molecule has 0 aliphatic carbocycles. The first-order valence-corrected chi connectivity index (χ1v) is 11.8.